The van der Waals surface area contributed by atoms with Crippen molar-refractivity contribution in [2.75, 3.05) is 0 Å². The van der Waals surface area contributed by atoms with Gasteiger partial charge in [-0.15, -0.1) is 5.10 Å². The van der Waals surface area contributed by atoms with Crippen LogP contribution < -0.4 is 5.43 Å². The molecular formula is C32H24FN4. The van der Waals surface area contributed by atoms with Crippen molar-refractivity contribution in [1.82, 2.24) is 15.0 Å². The first-order chi connectivity index (χ1) is 18.2. The normalized spacial score (nSPS) is 13.1. The lowest BCUT2D eigenvalue weighted by Gasteiger charge is -2.37. The van der Waals surface area contributed by atoms with Crippen LogP contribution in [-0.4, -0.2) is 15.3 Å². The van der Waals surface area contributed by atoms with E-state index in [2.05, 4.69) is 87.9 Å². The van der Waals surface area contributed by atoms with Gasteiger partial charge in [0, 0.05) is 12.6 Å². The summed E-state index contributed by atoms with van der Waals surface area (Å²) in [5.74, 6) is -0.248. The summed E-state index contributed by atoms with van der Waals surface area (Å²) >= 11 is 0. The second kappa shape index (κ2) is 9.70. The van der Waals surface area contributed by atoms with Gasteiger partial charge in [-0.1, -0.05) is 103 Å². The van der Waals surface area contributed by atoms with Crippen molar-refractivity contribution in [3.63, 3.8) is 0 Å². The van der Waals surface area contributed by atoms with E-state index >= 15 is 0 Å². The molecule has 0 bridgehead atoms. The van der Waals surface area contributed by atoms with E-state index in [-0.39, 0.29) is 5.82 Å². The molecule has 0 saturated heterocycles. The Balaban J connectivity index is 1.43. The van der Waals surface area contributed by atoms with E-state index in [1.54, 1.807) is 12.1 Å². The fraction of sp³-hybridized carbons (Fsp3) is 0.0625. The van der Waals surface area contributed by atoms with Crippen LogP contribution in [0.1, 0.15) is 27.9 Å². The smallest absolute Gasteiger partial charge is 0.123 e. The largest absolute Gasteiger partial charge is 0.318 e. The predicted octanol–water partition coefficient (Wildman–Crippen LogP) is 6.31. The third-order valence-electron chi connectivity index (χ3n) is 6.70. The first kappa shape index (κ1) is 22.7. The maximum atomic E-state index is 13.3. The molecular weight excluding hydrogens is 459 g/mol. The molecule has 37 heavy (non-hydrogen) atoms. The fourth-order valence-electron chi connectivity index (χ4n) is 4.98. The van der Waals surface area contributed by atoms with E-state index < -0.39 is 5.54 Å². The Morgan fingerprint density at radius 1 is 0.676 bits per heavy atom. The van der Waals surface area contributed by atoms with E-state index in [4.69, 9.17) is 4.98 Å². The van der Waals surface area contributed by atoms with Crippen molar-refractivity contribution in [1.29, 1.82) is 0 Å². The number of imidazole rings is 1. The number of hydrogen-bond acceptors (Lipinski definition) is 2. The molecule has 5 aromatic rings. The van der Waals surface area contributed by atoms with Gasteiger partial charge in [0.15, 0.2) is 0 Å². The first-order valence-electron chi connectivity index (χ1n) is 12.2. The molecule has 0 aliphatic carbocycles. The summed E-state index contributed by atoms with van der Waals surface area (Å²) in [5.41, 5.74) is 10.4. The fourth-order valence-corrected chi connectivity index (χ4v) is 4.98. The lowest BCUT2D eigenvalue weighted by Crippen LogP contribution is -2.37. The molecule has 1 aliphatic heterocycles. The lowest BCUT2D eigenvalue weighted by molar-refractivity contribution is 0.514. The van der Waals surface area contributed by atoms with Gasteiger partial charge in [-0.3, -0.25) is 0 Å². The minimum absolute atomic E-state index is 0.248. The number of hydrogen-bond donors (Lipinski definition) is 0. The van der Waals surface area contributed by atoms with Crippen molar-refractivity contribution in [2.45, 2.75) is 12.0 Å². The average molecular weight is 484 g/mol. The zero-order valence-corrected chi connectivity index (χ0v) is 20.1. The average Bonchev–Trinajstić information content (AvgIpc) is 3.63. The molecule has 1 aromatic heterocycles. The third kappa shape index (κ3) is 4.25. The van der Waals surface area contributed by atoms with E-state index in [0.717, 1.165) is 33.6 Å². The van der Waals surface area contributed by atoms with Gasteiger partial charge in [-0.25, -0.2) is 9.37 Å². The Bertz CT molecular complexity index is 1460. The highest BCUT2D eigenvalue weighted by molar-refractivity contribution is 6.08. The molecule has 0 N–H and O–H groups in total. The SMILES string of the molecule is Fc1ccc(CC2=CC(c3cn(C(c4ccccc4)(c4ccccc4)c4ccccc4)cn3)=N[N]2)cc1. The lowest BCUT2D eigenvalue weighted by atomic mass is 9.77. The first-order valence-corrected chi connectivity index (χ1v) is 12.2. The van der Waals surface area contributed by atoms with Crippen LogP contribution in [0.3, 0.4) is 0 Å². The molecule has 0 atom stereocenters. The molecule has 4 nitrogen and oxygen atoms in total. The standard InChI is InChI=1S/C32H24FN4/c33-28-18-16-24(17-19-28)20-29-21-30(36-35-29)31-22-37(23-34-31)32(25-10-4-1-5-11-25,26-12-6-2-7-13-26)27-14-8-3-9-15-27/h1-19,21-23H,20H2. The zero-order chi connectivity index (χ0) is 25.1. The minimum Gasteiger partial charge on any atom is -0.318 e. The maximum absolute atomic E-state index is 13.3. The predicted molar refractivity (Wildman–Crippen MR) is 144 cm³/mol. The Morgan fingerprint density at radius 2 is 1.22 bits per heavy atom. The topological polar surface area (TPSA) is 44.3 Å². The molecule has 0 amide bonds. The Labute approximate surface area is 215 Å². The highest BCUT2D eigenvalue weighted by atomic mass is 19.1. The van der Waals surface area contributed by atoms with Gasteiger partial charge in [-0.2, -0.15) is 5.43 Å². The Hall–Kier alpha value is -4.77. The van der Waals surface area contributed by atoms with Crippen molar-refractivity contribution in [2.24, 2.45) is 5.10 Å². The van der Waals surface area contributed by atoms with Gasteiger partial charge in [0.05, 0.1) is 12.0 Å². The van der Waals surface area contributed by atoms with Crippen molar-refractivity contribution in [3.05, 3.63) is 173 Å². The van der Waals surface area contributed by atoms with Crippen LogP contribution in [0.15, 0.2) is 145 Å². The van der Waals surface area contributed by atoms with Gasteiger partial charge in [0.2, 0.25) is 0 Å². The summed E-state index contributed by atoms with van der Waals surface area (Å²) in [5, 5.41) is 4.41. The zero-order valence-electron chi connectivity index (χ0n) is 20.1. The quantitative estimate of drug-likeness (QED) is 0.250. The highest BCUT2D eigenvalue weighted by Gasteiger charge is 2.38. The van der Waals surface area contributed by atoms with E-state index in [9.17, 15) is 4.39 Å². The summed E-state index contributed by atoms with van der Waals surface area (Å²) in [6.07, 6.45) is 6.44. The molecule has 5 heteroatoms. The molecule has 0 unspecified atom stereocenters. The van der Waals surface area contributed by atoms with Crippen LogP contribution in [0.5, 0.6) is 0 Å². The van der Waals surface area contributed by atoms with Crippen LogP contribution >= 0.6 is 0 Å². The summed E-state index contributed by atoms with van der Waals surface area (Å²) in [6, 6.07) is 37.9. The number of allylic oxidation sites excluding steroid dienone is 2. The van der Waals surface area contributed by atoms with E-state index in [0.29, 0.717) is 12.1 Å². The van der Waals surface area contributed by atoms with Crippen LogP contribution in [-0.2, 0) is 12.0 Å². The minimum atomic E-state index is -0.633. The third-order valence-corrected chi connectivity index (χ3v) is 6.70. The van der Waals surface area contributed by atoms with Crippen LogP contribution in [0.25, 0.3) is 0 Å². The van der Waals surface area contributed by atoms with E-state index in [1.165, 1.54) is 12.1 Å². The van der Waals surface area contributed by atoms with Crippen molar-refractivity contribution in [3.8, 4) is 0 Å². The molecule has 179 valence electrons. The summed E-state index contributed by atoms with van der Waals surface area (Å²) < 4.78 is 15.4. The number of aromatic nitrogens is 2. The number of rotatable bonds is 7. The second-order valence-electron chi connectivity index (χ2n) is 9.00. The number of halogens is 1. The molecule has 6 rings (SSSR count). The number of benzene rings is 4. The summed E-state index contributed by atoms with van der Waals surface area (Å²) in [7, 11) is 0. The summed E-state index contributed by atoms with van der Waals surface area (Å²) in [6.45, 7) is 0. The van der Waals surface area contributed by atoms with Crippen molar-refractivity contribution >= 4 is 5.71 Å². The Morgan fingerprint density at radius 3 is 1.76 bits per heavy atom. The molecule has 4 aromatic carbocycles. The molecule has 0 spiro atoms. The second-order valence-corrected chi connectivity index (χ2v) is 9.00. The van der Waals surface area contributed by atoms with Crippen LogP contribution in [0.4, 0.5) is 4.39 Å². The van der Waals surface area contributed by atoms with Gasteiger partial charge < -0.3 is 4.57 Å². The van der Waals surface area contributed by atoms with Gasteiger partial charge in [0.25, 0.3) is 0 Å². The number of nitrogens with zero attached hydrogens (tertiary/aromatic N) is 4. The molecule has 0 fully saturated rings. The molecule has 2 heterocycles. The van der Waals surface area contributed by atoms with Gasteiger partial charge >= 0.3 is 0 Å². The van der Waals surface area contributed by atoms with E-state index in [1.807, 2.05) is 36.8 Å². The highest BCUT2D eigenvalue weighted by Crippen LogP contribution is 2.40. The molecule has 1 aliphatic rings. The summed E-state index contributed by atoms with van der Waals surface area (Å²) in [4.78, 5) is 4.77. The molecule has 0 saturated carbocycles. The van der Waals surface area contributed by atoms with Gasteiger partial charge in [0.1, 0.15) is 22.8 Å². The van der Waals surface area contributed by atoms with Crippen molar-refractivity contribution < 1.29 is 4.39 Å². The van der Waals surface area contributed by atoms with Crippen LogP contribution in [0.2, 0.25) is 0 Å². The molecule has 1 radical (unpaired) electrons. The van der Waals surface area contributed by atoms with Crippen LogP contribution in [0, 0.1) is 5.82 Å². The monoisotopic (exact) mass is 483 g/mol. The van der Waals surface area contributed by atoms with Gasteiger partial charge in [-0.05, 0) is 40.5 Å². The maximum Gasteiger partial charge on any atom is 0.123 e. The Kier molecular flexibility index (Phi) is 5.95.